The van der Waals surface area contributed by atoms with Gasteiger partial charge in [0.1, 0.15) is 5.75 Å². The fourth-order valence-corrected chi connectivity index (χ4v) is 1.40. The lowest BCUT2D eigenvalue weighted by Crippen LogP contribution is -2.23. The van der Waals surface area contributed by atoms with Crippen molar-refractivity contribution in [2.45, 2.75) is 6.92 Å². The van der Waals surface area contributed by atoms with Gasteiger partial charge in [-0.25, -0.2) is 0 Å². The van der Waals surface area contributed by atoms with Crippen LogP contribution in [0.3, 0.4) is 0 Å². The summed E-state index contributed by atoms with van der Waals surface area (Å²) in [5.41, 5.74) is 6.49. The molecule has 0 saturated heterocycles. The van der Waals surface area contributed by atoms with Gasteiger partial charge in [0.15, 0.2) is 5.69 Å². The Morgan fingerprint density at radius 2 is 1.95 bits per heavy atom. The van der Waals surface area contributed by atoms with Crippen molar-refractivity contribution >= 4 is 11.6 Å². The summed E-state index contributed by atoms with van der Waals surface area (Å²) in [5, 5.41) is 10.3. The topological polar surface area (TPSA) is 90.1 Å². The van der Waals surface area contributed by atoms with Crippen LogP contribution >= 0.6 is 0 Å². The van der Waals surface area contributed by atoms with Crippen LogP contribution in [0, 0.1) is 0 Å². The Hall–Kier alpha value is -2.63. The molecule has 0 aliphatic carbocycles. The van der Waals surface area contributed by atoms with Crippen molar-refractivity contribution < 1.29 is 9.53 Å². The van der Waals surface area contributed by atoms with Crippen molar-refractivity contribution in [2.24, 2.45) is 0 Å². The van der Waals surface area contributed by atoms with Crippen molar-refractivity contribution in [2.75, 3.05) is 12.3 Å². The molecular formula is C13H14N4O2. The van der Waals surface area contributed by atoms with Gasteiger partial charge < -0.3 is 15.8 Å². The van der Waals surface area contributed by atoms with Crippen LogP contribution in [0.1, 0.15) is 17.4 Å². The lowest BCUT2D eigenvalue weighted by Gasteiger charge is -2.05. The first kappa shape index (κ1) is 12.8. The van der Waals surface area contributed by atoms with Gasteiger partial charge in [0.25, 0.3) is 5.91 Å². The summed E-state index contributed by atoms with van der Waals surface area (Å²) in [5.74, 6) is 0.668. The predicted molar refractivity (Wildman–Crippen MR) is 71.0 cm³/mol. The fraction of sp³-hybridized carbons (Fsp3) is 0.154. The lowest BCUT2D eigenvalue weighted by atomic mass is 10.3. The monoisotopic (exact) mass is 258 g/mol. The second kappa shape index (κ2) is 5.81. The fourth-order valence-electron chi connectivity index (χ4n) is 1.40. The Morgan fingerprint density at radius 1 is 1.21 bits per heavy atom. The van der Waals surface area contributed by atoms with E-state index in [2.05, 4.69) is 15.5 Å². The number of anilines is 1. The zero-order valence-corrected chi connectivity index (χ0v) is 10.5. The van der Waals surface area contributed by atoms with E-state index in [0.29, 0.717) is 23.9 Å². The number of rotatable bonds is 4. The van der Waals surface area contributed by atoms with Gasteiger partial charge in [-0.1, -0.05) is 0 Å². The molecule has 0 atom stereocenters. The minimum Gasteiger partial charge on any atom is -0.438 e. The molecule has 19 heavy (non-hydrogen) atoms. The van der Waals surface area contributed by atoms with Crippen LogP contribution in [0.25, 0.3) is 0 Å². The summed E-state index contributed by atoms with van der Waals surface area (Å²) in [4.78, 5) is 11.5. The van der Waals surface area contributed by atoms with Gasteiger partial charge in [-0.2, -0.15) is 0 Å². The molecule has 1 aromatic carbocycles. The second-order valence-corrected chi connectivity index (χ2v) is 3.79. The smallest absolute Gasteiger partial charge is 0.271 e. The third-order valence-electron chi connectivity index (χ3n) is 2.31. The standard InChI is InChI=1S/C13H14N4O2/c1-2-15-13(18)11-7-8-12(17-16-11)19-10-5-3-9(14)4-6-10/h3-8H,2,14H2,1H3,(H,15,18). The van der Waals surface area contributed by atoms with Crippen LogP contribution in [0.5, 0.6) is 11.6 Å². The molecule has 98 valence electrons. The summed E-state index contributed by atoms with van der Waals surface area (Å²) < 4.78 is 5.47. The third-order valence-corrected chi connectivity index (χ3v) is 2.31. The van der Waals surface area contributed by atoms with E-state index in [-0.39, 0.29) is 11.6 Å². The number of carbonyl (C=O) groups excluding carboxylic acids is 1. The van der Waals surface area contributed by atoms with E-state index in [0.717, 1.165) is 0 Å². The minimum atomic E-state index is -0.256. The Labute approximate surface area is 110 Å². The molecule has 0 bridgehead atoms. The summed E-state index contributed by atoms with van der Waals surface area (Å²) in [7, 11) is 0. The normalized spacial score (nSPS) is 9.95. The number of amides is 1. The van der Waals surface area contributed by atoms with Crippen molar-refractivity contribution in [3.63, 3.8) is 0 Å². The van der Waals surface area contributed by atoms with E-state index >= 15 is 0 Å². The van der Waals surface area contributed by atoms with Gasteiger partial charge in [-0.05, 0) is 37.3 Å². The molecule has 0 saturated carbocycles. The summed E-state index contributed by atoms with van der Waals surface area (Å²) >= 11 is 0. The summed E-state index contributed by atoms with van der Waals surface area (Å²) in [6, 6.07) is 10.1. The Balaban J connectivity index is 2.06. The van der Waals surface area contributed by atoms with Gasteiger partial charge in [0, 0.05) is 18.3 Å². The van der Waals surface area contributed by atoms with E-state index in [9.17, 15) is 4.79 Å². The Morgan fingerprint density at radius 3 is 2.53 bits per heavy atom. The Kier molecular flexibility index (Phi) is 3.92. The molecule has 2 rings (SSSR count). The average Bonchev–Trinajstić information content (AvgIpc) is 2.42. The predicted octanol–water partition coefficient (Wildman–Crippen LogP) is 1.60. The minimum absolute atomic E-state index is 0.256. The number of nitrogens with zero attached hydrogens (tertiary/aromatic N) is 2. The summed E-state index contributed by atoms with van der Waals surface area (Å²) in [6.07, 6.45) is 0. The van der Waals surface area contributed by atoms with Gasteiger partial charge in [0.2, 0.25) is 5.88 Å². The van der Waals surface area contributed by atoms with Crippen molar-refractivity contribution in [3.05, 3.63) is 42.1 Å². The van der Waals surface area contributed by atoms with Gasteiger partial charge in [-0.15, -0.1) is 10.2 Å². The van der Waals surface area contributed by atoms with E-state index in [4.69, 9.17) is 10.5 Å². The Bertz CT molecular complexity index is 552. The molecule has 0 aliphatic heterocycles. The first-order valence-corrected chi connectivity index (χ1v) is 5.84. The molecule has 2 aromatic rings. The maximum absolute atomic E-state index is 11.5. The van der Waals surface area contributed by atoms with Gasteiger partial charge >= 0.3 is 0 Å². The highest BCUT2D eigenvalue weighted by atomic mass is 16.5. The van der Waals surface area contributed by atoms with Gasteiger partial charge in [-0.3, -0.25) is 4.79 Å². The molecule has 1 heterocycles. The molecule has 0 spiro atoms. The number of hydrogen-bond acceptors (Lipinski definition) is 5. The van der Waals surface area contributed by atoms with E-state index in [1.54, 1.807) is 36.4 Å². The number of carbonyl (C=O) groups is 1. The molecule has 0 radical (unpaired) electrons. The largest absolute Gasteiger partial charge is 0.438 e. The molecular weight excluding hydrogens is 244 g/mol. The van der Waals surface area contributed by atoms with Gasteiger partial charge in [0.05, 0.1) is 0 Å². The van der Waals surface area contributed by atoms with Crippen LogP contribution < -0.4 is 15.8 Å². The molecule has 1 amide bonds. The van der Waals surface area contributed by atoms with Crippen molar-refractivity contribution in [1.82, 2.24) is 15.5 Å². The van der Waals surface area contributed by atoms with Crippen LogP contribution in [0.2, 0.25) is 0 Å². The number of ether oxygens (including phenoxy) is 1. The number of hydrogen-bond donors (Lipinski definition) is 2. The van der Waals surface area contributed by atoms with Crippen LogP contribution in [0.15, 0.2) is 36.4 Å². The number of aromatic nitrogens is 2. The number of benzene rings is 1. The van der Waals surface area contributed by atoms with Crippen LogP contribution in [-0.2, 0) is 0 Å². The molecule has 6 nitrogen and oxygen atoms in total. The zero-order chi connectivity index (χ0) is 13.7. The number of nitrogens with one attached hydrogen (secondary N) is 1. The van der Waals surface area contributed by atoms with Crippen LogP contribution in [-0.4, -0.2) is 22.6 Å². The van der Waals surface area contributed by atoms with E-state index in [1.165, 1.54) is 0 Å². The SMILES string of the molecule is CCNC(=O)c1ccc(Oc2ccc(N)cc2)nn1. The van der Waals surface area contributed by atoms with E-state index < -0.39 is 0 Å². The molecule has 0 fully saturated rings. The maximum Gasteiger partial charge on any atom is 0.271 e. The van der Waals surface area contributed by atoms with Crippen LogP contribution in [0.4, 0.5) is 5.69 Å². The maximum atomic E-state index is 11.5. The van der Waals surface area contributed by atoms with Crippen molar-refractivity contribution in [1.29, 1.82) is 0 Å². The quantitative estimate of drug-likeness (QED) is 0.813. The second-order valence-electron chi connectivity index (χ2n) is 3.79. The van der Waals surface area contributed by atoms with E-state index in [1.807, 2.05) is 6.92 Å². The highest BCUT2D eigenvalue weighted by molar-refractivity contribution is 5.91. The van der Waals surface area contributed by atoms with Crippen molar-refractivity contribution in [3.8, 4) is 11.6 Å². The average molecular weight is 258 g/mol. The zero-order valence-electron chi connectivity index (χ0n) is 10.5. The molecule has 3 N–H and O–H groups in total. The highest BCUT2D eigenvalue weighted by Crippen LogP contribution is 2.19. The lowest BCUT2D eigenvalue weighted by molar-refractivity contribution is 0.0949. The first-order valence-electron chi connectivity index (χ1n) is 5.84. The first-order chi connectivity index (χ1) is 9.19. The molecule has 6 heteroatoms. The summed E-state index contributed by atoms with van der Waals surface area (Å²) in [6.45, 7) is 2.38. The molecule has 0 unspecified atom stereocenters. The third kappa shape index (κ3) is 3.41. The number of nitrogen functional groups attached to an aromatic ring is 1. The molecule has 1 aromatic heterocycles. The number of nitrogens with two attached hydrogens (primary N) is 1. The highest BCUT2D eigenvalue weighted by Gasteiger charge is 2.07. The molecule has 0 aliphatic rings.